The van der Waals surface area contributed by atoms with Crippen molar-refractivity contribution in [2.24, 2.45) is 0 Å². The van der Waals surface area contributed by atoms with Crippen LogP contribution in [0.5, 0.6) is 0 Å². The molecule has 0 radical (unpaired) electrons. The van der Waals surface area contributed by atoms with Gasteiger partial charge in [-0.25, -0.2) is 23.2 Å². The Morgan fingerprint density at radius 2 is 1.68 bits per heavy atom. The maximum atomic E-state index is 11.4. The van der Waals surface area contributed by atoms with Crippen molar-refractivity contribution in [3.8, 4) is 0 Å². The van der Waals surface area contributed by atoms with Gasteiger partial charge in [0, 0.05) is 31.0 Å². The highest BCUT2D eigenvalue weighted by atomic mass is 32.2. The second kappa shape index (κ2) is 7.62. The minimum absolute atomic E-state index is 0.0626. The molecule has 1 aromatic heterocycles. The lowest BCUT2D eigenvalue weighted by Gasteiger charge is -2.15. The quantitative estimate of drug-likeness (QED) is 0.625. The summed E-state index contributed by atoms with van der Waals surface area (Å²) in [6.45, 7) is 0.396. The summed E-state index contributed by atoms with van der Waals surface area (Å²) in [5.41, 5.74) is 1.47. The molecule has 0 bridgehead atoms. The van der Waals surface area contributed by atoms with Gasteiger partial charge in [0.05, 0.1) is 7.11 Å². The Morgan fingerprint density at radius 3 is 2.23 bits per heavy atom. The van der Waals surface area contributed by atoms with Crippen LogP contribution in [0.3, 0.4) is 0 Å². The molecule has 2 aromatic rings. The van der Waals surface area contributed by atoms with E-state index >= 15 is 0 Å². The number of hydrogen-bond acceptors (Lipinski definition) is 6. The van der Waals surface area contributed by atoms with E-state index < -0.39 is 16.9 Å². The van der Waals surface area contributed by atoms with Crippen molar-refractivity contribution in [2.45, 2.75) is 13.1 Å². The molecular weight excluding hydrogens is 306 g/mol. The molecular formula is C14H15N3O4S. The van der Waals surface area contributed by atoms with Gasteiger partial charge in [-0.15, -0.1) is 0 Å². The standard InChI is InChI=1S/C14H15N3O4S/c1-21-14(18)13-15-7-12(8-16-13)10-17(22(19)20)9-11-5-3-2-4-6-11/h2-8,22H,9-10H2,1H3. The number of esters is 1. The number of hydrogen-bond donors (Lipinski definition) is 1. The molecule has 0 N–H and O–H groups in total. The summed E-state index contributed by atoms with van der Waals surface area (Å²) in [7, 11) is -1.51. The number of aromatic nitrogens is 2. The molecule has 7 nitrogen and oxygen atoms in total. The smallest absolute Gasteiger partial charge is 0.376 e. The first-order valence-electron chi connectivity index (χ1n) is 6.42. The highest BCUT2D eigenvalue weighted by molar-refractivity contribution is 7.69. The van der Waals surface area contributed by atoms with Gasteiger partial charge in [-0.05, 0) is 5.56 Å². The van der Waals surface area contributed by atoms with Gasteiger partial charge in [-0.3, -0.25) is 0 Å². The van der Waals surface area contributed by atoms with Crippen LogP contribution in [-0.2, 0) is 28.7 Å². The van der Waals surface area contributed by atoms with Gasteiger partial charge >= 0.3 is 5.97 Å². The van der Waals surface area contributed by atoms with E-state index in [1.807, 2.05) is 30.3 Å². The molecule has 0 amide bonds. The zero-order valence-corrected chi connectivity index (χ0v) is 12.8. The fourth-order valence-electron chi connectivity index (χ4n) is 1.81. The van der Waals surface area contributed by atoms with E-state index in [2.05, 4.69) is 14.7 Å². The molecule has 116 valence electrons. The highest BCUT2D eigenvalue weighted by Crippen LogP contribution is 2.09. The first-order valence-corrected chi connectivity index (χ1v) is 7.55. The molecule has 0 fully saturated rings. The van der Waals surface area contributed by atoms with Crippen LogP contribution in [0.15, 0.2) is 42.7 Å². The van der Waals surface area contributed by atoms with Crippen molar-refractivity contribution in [2.75, 3.05) is 7.11 Å². The molecule has 0 spiro atoms. The largest absolute Gasteiger partial charge is 0.463 e. The highest BCUT2D eigenvalue weighted by Gasteiger charge is 2.12. The van der Waals surface area contributed by atoms with E-state index in [-0.39, 0.29) is 18.9 Å². The summed E-state index contributed by atoms with van der Waals surface area (Å²) in [4.78, 5) is 19.0. The van der Waals surface area contributed by atoms with Crippen molar-refractivity contribution in [1.29, 1.82) is 0 Å². The fraction of sp³-hybridized carbons (Fsp3) is 0.214. The van der Waals surface area contributed by atoms with E-state index in [9.17, 15) is 13.2 Å². The number of nitrogens with zero attached hydrogens (tertiary/aromatic N) is 3. The maximum Gasteiger partial charge on any atom is 0.376 e. The van der Waals surface area contributed by atoms with Crippen molar-refractivity contribution < 1.29 is 17.9 Å². The summed E-state index contributed by atoms with van der Waals surface area (Å²) in [6, 6.07) is 9.26. The Hall–Kier alpha value is -2.32. The van der Waals surface area contributed by atoms with Crippen LogP contribution >= 0.6 is 0 Å². The van der Waals surface area contributed by atoms with Crippen LogP contribution in [0.4, 0.5) is 0 Å². The summed E-state index contributed by atoms with van der Waals surface area (Å²) in [5, 5.41) is 0. The molecule has 0 atom stereocenters. The van der Waals surface area contributed by atoms with E-state index in [0.29, 0.717) is 5.56 Å². The van der Waals surface area contributed by atoms with E-state index in [0.717, 1.165) is 5.56 Å². The fourth-order valence-corrected chi connectivity index (χ4v) is 2.37. The monoisotopic (exact) mass is 321 g/mol. The van der Waals surface area contributed by atoms with Crippen molar-refractivity contribution in [3.63, 3.8) is 0 Å². The van der Waals surface area contributed by atoms with Crippen LogP contribution in [0.1, 0.15) is 21.7 Å². The minimum Gasteiger partial charge on any atom is -0.463 e. The summed E-state index contributed by atoms with van der Waals surface area (Å²) in [6.07, 6.45) is 2.83. The molecule has 8 heteroatoms. The number of benzene rings is 1. The van der Waals surface area contributed by atoms with Gasteiger partial charge in [-0.2, -0.15) is 4.31 Å². The van der Waals surface area contributed by atoms with Gasteiger partial charge < -0.3 is 4.74 Å². The predicted molar refractivity (Wildman–Crippen MR) is 79.4 cm³/mol. The van der Waals surface area contributed by atoms with Crippen molar-refractivity contribution in [1.82, 2.24) is 14.3 Å². The van der Waals surface area contributed by atoms with Gasteiger partial charge in [0.25, 0.3) is 0 Å². The third-order valence-corrected chi connectivity index (χ3v) is 3.62. The van der Waals surface area contributed by atoms with Gasteiger partial charge in [0.1, 0.15) is 0 Å². The lowest BCUT2D eigenvalue weighted by atomic mass is 10.2. The van der Waals surface area contributed by atoms with E-state index in [4.69, 9.17) is 0 Å². The Labute approximate surface area is 129 Å². The Balaban J connectivity index is 2.09. The van der Waals surface area contributed by atoms with E-state index in [1.165, 1.54) is 23.8 Å². The average Bonchev–Trinajstić information content (AvgIpc) is 2.55. The predicted octanol–water partition coefficient (Wildman–Crippen LogP) is 0.792. The number of methoxy groups -OCH3 is 1. The lowest BCUT2D eigenvalue weighted by molar-refractivity contribution is 0.0586. The topological polar surface area (TPSA) is 89.5 Å². The molecule has 22 heavy (non-hydrogen) atoms. The number of ether oxygens (including phenoxy) is 1. The summed E-state index contributed by atoms with van der Waals surface area (Å²) in [5.74, 6) is -0.699. The van der Waals surface area contributed by atoms with Crippen LogP contribution < -0.4 is 0 Å². The van der Waals surface area contributed by atoms with Crippen LogP contribution in [0.25, 0.3) is 0 Å². The third-order valence-electron chi connectivity index (χ3n) is 2.88. The zero-order valence-electron chi connectivity index (χ0n) is 11.9. The van der Waals surface area contributed by atoms with E-state index in [1.54, 1.807) is 0 Å². The summed E-state index contributed by atoms with van der Waals surface area (Å²) < 4.78 is 28.5. The van der Waals surface area contributed by atoms with Gasteiger partial charge in [-0.1, -0.05) is 30.3 Å². The average molecular weight is 321 g/mol. The molecule has 0 aliphatic heterocycles. The van der Waals surface area contributed by atoms with Crippen LogP contribution in [0.2, 0.25) is 0 Å². The molecule has 0 saturated heterocycles. The molecule has 1 heterocycles. The Kier molecular flexibility index (Phi) is 5.56. The van der Waals surface area contributed by atoms with Crippen LogP contribution in [-0.4, -0.2) is 35.8 Å². The zero-order chi connectivity index (χ0) is 15.9. The number of carbonyl (C=O) groups excluding carboxylic acids is 1. The molecule has 0 aliphatic rings. The second-order valence-electron chi connectivity index (χ2n) is 4.45. The third kappa shape index (κ3) is 4.34. The maximum absolute atomic E-state index is 11.4. The van der Waals surface area contributed by atoms with Crippen LogP contribution in [0, 0.1) is 0 Å². The SMILES string of the molecule is COC(=O)c1ncc(CN(Cc2ccccc2)[SH](=O)=O)cn1. The van der Waals surface area contributed by atoms with Crippen molar-refractivity contribution in [3.05, 3.63) is 59.7 Å². The lowest BCUT2D eigenvalue weighted by Crippen LogP contribution is -2.21. The molecule has 1 aromatic carbocycles. The summed E-state index contributed by atoms with van der Waals surface area (Å²) >= 11 is 0. The Bertz CT molecular complexity index is 694. The van der Waals surface area contributed by atoms with Gasteiger partial charge in [0.15, 0.2) is 0 Å². The molecule has 0 aliphatic carbocycles. The number of thiol groups is 1. The number of carbonyl (C=O) groups is 1. The van der Waals surface area contributed by atoms with Crippen molar-refractivity contribution >= 4 is 16.9 Å². The molecule has 0 saturated carbocycles. The normalized spacial score (nSPS) is 10.9. The number of rotatable bonds is 6. The first kappa shape index (κ1) is 16.1. The molecule has 2 rings (SSSR count). The van der Waals surface area contributed by atoms with Gasteiger partial charge in [0.2, 0.25) is 16.7 Å². The Morgan fingerprint density at radius 1 is 1.09 bits per heavy atom. The minimum atomic E-state index is -2.75. The first-order chi connectivity index (χ1) is 10.6. The molecule has 0 unspecified atom stereocenters. The second-order valence-corrected chi connectivity index (χ2v) is 5.49.